The lowest BCUT2D eigenvalue weighted by molar-refractivity contribution is 0.0945. The Kier molecular flexibility index (Phi) is 4.42. The van der Waals surface area contributed by atoms with Crippen LogP contribution in [-0.2, 0) is 0 Å². The van der Waals surface area contributed by atoms with Gasteiger partial charge in [-0.1, -0.05) is 12.1 Å². The van der Waals surface area contributed by atoms with Gasteiger partial charge in [-0.3, -0.25) is 4.79 Å². The number of carbonyl (C=O) groups is 1. The van der Waals surface area contributed by atoms with Gasteiger partial charge in [0.25, 0.3) is 5.78 Å². The maximum Gasteiger partial charge on any atom is 0.311 e. The maximum absolute atomic E-state index is 12.1. The number of nitrogens with zero attached hydrogens (tertiary/aromatic N) is 6. The standard InChI is InChI=1S/C17H19N7O/c1-11-9-12(2)24-17(19-11)20-15(22-24)16(25)21-18-10-13-5-7-14(8-6-13)23(3)4/h5-10H,1-4H3,(H,21,25). The van der Waals surface area contributed by atoms with Crippen LogP contribution >= 0.6 is 0 Å². The van der Waals surface area contributed by atoms with Gasteiger partial charge in [0.05, 0.1) is 6.21 Å². The first-order valence-corrected chi connectivity index (χ1v) is 7.76. The predicted molar refractivity (Wildman–Crippen MR) is 96.1 cm³/mol. The number of aromatic nitrogens is 4. The topological polar surface area (TPSA) is 87.8 Å². The van der Waals surface area contributed by atoms with Crippen LogP contribution in [0.3, 0.4) is 0 Å². The van der Waals surface area contributed by atoms with Crippen molar-refractivity contribution in [1.82, 2.24) is 25.0 Å². The lowest BCUT2D eigenvalue weighted by atomic mass is 10.2. The van der Waals surface area contributed by atoms with Crippen LogP contribution < -0.4 is 10.3 Å². The SMILES string of the molecule is Cc1cc(C)n2nc(C(=O)NN=Cc3ccc(N(C)C)cc3)nc2n1. The van der Waals surface area contributed by atoms with Crippen molar-refractivity contribution in [3.05, 3.63) is 53.1 Å². The summed E-state index contributed by atoms with van der Waals surface area (Å²) in [4.78, 5) is 22.6. The lowest BCUT2D eigenvalue weighted by Gasteiger charge is -2.11. The number of amides is 1. The molecule has 0 atom stereocenters. The van der Waals surface area contributed by atoms with E-state index in [1.54, 1.807) is 6.21 Å². The normalized spacial score (nSPS) is 11.2. The summed E-state index contributed by atoms with van der Waals surface area (Å²) >= 11 is 0. The van der Waals surface area contributed by atoms with Crippen LogP contribution in [0.1, 0.15) is 27.6 Å². The number of hydrazone groups is 1. The van der Waals surface area contributed by atoms with Gasteiger partial charge in [-0.25, -0.2) is 14.9 Å². The monoisotopic (exact) mass is 337 g/mol. The van der Waals surface area contributed by atoms with Crippen molar-refractivity contribution in [3.63, 3.8) is 0 Å². The third-order valence-electron chi connectivity index (χ3n) is 3.61. The van der Waals surface area contributed by atoms with Crippen LogP contribution in [0.4, 0.5) is 5.69 Å². The smallest absolute Gasteiger partial charge is 0.311 e. The van der Waals surface area contributed by atoms with Gasteiger partial charge in [0.15, 0.2) is 0 Å². The van der Waals surface area contributed by atoms with Gasteiger partial charge in [-0.15, -0.1) is 5.10 Å². The summed E-state index contributed by atoms with van der Waals surface area (Å²) in [5, 5.41) is 8.12. The third kappa shape index (κ3) is 3.63. The molecule has 0 unspecified atom stereocenters. The lowest BCUT2D eigenvalue weighted by Crippen LogP contribution is -2.19. The molecule has 8 nitrogen and oxygen atoms in total. The Hall–Kier alpha value is -3.29. The van der Waals surface area contributed by atoms with Gasteiger partial charge in [0.1, 0.15) is 0 Å². The van der Waals surface area contributed by atoms with Crippen molar-refractivity contribution in [2.45, 2.75) is 13.8 Å². The molecule has 25 heavy (non-hydrogen) atoms. The van der Waals surface area contributed by atoms with E-state index in [-0.39, 0.29) is 5.82 Å². The van der Waals surface area contributed by atoms with Gasteiger partial charge >= 0.3 is 5.91 Å². The zero-order chi connectivity index (χ0) is 18.0. The van der Waals surface area contributed by atoms with Crippen LogP contribution in [0, 0.1) is 13.8 Å². The number of hydrogen-bond acceptors (Lipinski definition) is 6. The molecule has 128 valence electrons. The second-order valence-corrected chi connectivity index (χ2v) is 5.87. The number of anilines is 1. The molecule has 0 fully saturated rings. The Balaban J connectivity index is 1.71. The van der Waals surface area contributed by atoms with Crippen molar-refractivity contribution in [1.29, 1.82) is 0 Å². The van der Waals surface area contributed by atoms with Gasteiger partial charge in [-0.2, -0.15) is 10.1 Å². The molecular weight excluding hydrogens is 318 g/mol. The molecule has 2 aromatic heterocycles. The molecule has 0 saturated heterocycles. The maximum atomic E-state index is 12.1. The minimum absolute atomic E-state index is 0.0290. The van der Waals surface area contributed by atoms with E-state index in [1.165, 1.54) is 4.52 Å². The number of nitrogens with one attached hydrogen (secondary N) is 1. The van der Waals surface area contributed by atoms with Gasteiger partial charge < -0.3 is 4.90 Å². The summed E-state index contributed by atoms with van der Waals surface area (Å²) in [6.07, 6.45) is 1.57. The Morgan fingerprint density at radius 3 is 2.60 bits per heavy atom. The number of rotatable bonds is 4. The summed E-state index contributed by atoms with van der Waals surface area (Å²) in [7, 11) is 3.95. The summed E-state index contributed by atoms with van der Waals surface area (Å²) in [5.41, 5.74) is 6.08. The molecule has 0 saturated carbocycles. The molecule has 0 aliphatic carbocycles. The fourth-order valence-electron chi connectivity index (χ4n) is 2.34. The van der Waals surface area contributed by atoms with Gasteiger partial charge in [0.2, 0.25) is 5.82 Å². The zero-order valence-electron chi connectivity index (χ0n) is 14.6. The van der Waals surface area contributed by atoms with Crippen LogP contribution in [-0.4, -0.2) is 45.8 Å². The van der Waals surface area contributed by atoms with Crippen LogP contribution in [0.15, 0.2) is 35.4 Å². The second kappa shape index (κ2) is 6.68. The summed E-state index contributed by atoms with van der Waals surface area (Å²) in [5.74, 6) is -0.0593. The van der Waals surface area contributed by atoms with E-state index in [2.05, 4.69) is 25.6 Å². The Bertz CT molecular complexity index is 942. The third-order valence-corrected chi connectivity index (χ3v) is 3.61. The second-order valence-electron chi connectivity index (χ2n) is 5.87. The molecule has 0 spiro atoms. The first-order valence-electron chi connectivity index (χ1n) is 7.76. The molecule has 0 bridgehead atoms. The minimum atomic E-state index is -0.483. The fraction of sp³-hybridized carbons (Fsp3) is 0.235. The van der Waals surface area contributed by atoms with E-state index in [0.717, 1.165) is 22.6 Å². The molecule has 1 aromatic carbocycles. The number of aryl methyl sites for hydroxylation is 2. The molecule has 8 heteroatoms. The summed E-state index contributed by atoms with van der Waals surface area (Å²) < 4.78 is 1.53. The highest BCUT2D eigenvalue weighted by atomic mass is 16.2. The van der Waals surface area contributed by atoms with Crippen LogP contribution in [0.2, 0.25) is 0 Å². The van der Waals surface area contributed by atoms with Crippen molar-refractivity contribution >= 4 is 23.6 Å². The van der Waals surface area contributed by atoms with Crippen molar-refractivity contribution < 1.29 is 4.79 Å². The van der Waals surface area contributed by atoms with Crippen molar-refractivity contribution in [3.8, 4) is 0 Å². The summed E-state index contributed by atoms with van der Waals surface area (Å²) in [6.45, 7) is 3.75. The number of benzene rings is 1. The molecule has 1 N–H and O–H groups in total. The highest BCUT2D eigenvalue weighted by Crippen LogP contribution is 2.11. The van der Waals surface area contributed by atoms with Crippen molar-refractivity contribution in [2.75, 3.05) is 19.0 Å². The number of carbonyl (C=O) groups excluding carboxylic acids is 1. The van der Waals surface area contributed by atoms with Gasteiger partial charge in [0, 0.05) is 31.2 Å². The van der Waals surface area contributed by atoms with E-state index in [1.807, 2.05) is 63.2 Å². The van der Waals surface area contributed by atoms with E-state index in [4.69, 9.17) is 0 Å². The first kappa shape index (κ1) is 16.6. The minimum Gasteiger partial charge on any atom is -0.378 e. The Morgan fingerprint density at radius 2 is 1.92 bits per heavy atom. The fourth-order valence-corrected chi connectivity index (χ4v) is 2.34. The van der Waals surface area contributed by atoms with E-state index in [0.29, 0.717) is 5.78 Å². The zero-order valence-corrected chi connectivity index (χ0v) is 14.6. The van der Waals surface area contributed by atoms with Gasteiger partial charge in [-0.05, 0) is 37.6 Å². The predicted octanol–water partition coefficient (Wildman–Crippen LogP) is 1.57. The average Bonchev–Trinajstić information content (AvgIpc) is 2.99. The Labute approximate surface area is 145 Å². The quantitative estimate of drug-likeness (QED) is 0.577. The molecule has 3 rings (SSSR count). The number of fused-ring (bicyclic) bond motifs is 1. The summed E-state index contributed by atoms with van der Waals surface area (Å²) in [6, 6.07) is 9.67. The first-order chi connectivity index (χ1) is 11.9. The molecule has 2 heterocycles. The average molecular weight is 337 g/mol. The number of hydrogen-bond donors (Lipinski definition) is 1. The molecular formula is C17H19N7O. The largest absolute Gasteiger partial charge is 0.378 e. The molecule has 0 radical (unpaired) electrons. The molecule has 3 aromatic rings. The van der Waals surface area contributed by atoms with Crippen LogP contribution in [0.25, 0.3) is 5.78 Å². The van der Waals surface area contributed by atoms with Crippen molar-refractivity contribution in [2.24, 2.45) is 5.10 Å². The highest BCUT2D eigenvalue weighted by Gasteiger charge is 2.14. The molecule has 0 aliphatic rings. The Morgan fingerprint density at radius 1 is 1.20 bits per heavy atom. The molecule has 0 aliphatic heterocycles. The van der Waals surface area contributed by atoms with E-state index < -0.39 is 5.91 Å². The molecule has 1 amide bonds. The highest BCUT2D eigenvalue weighted by molar-refractivity contribution is 5.91. The van der Waals surface area contributed by atoms with E-state index in [9.17, 15) is 4.79 Å². The van der Waals surface area contributed by atoms with E-state index >= 15 is 0 Å². The van der Waals surface area contributed by atoms with Crippen LogP contribution in [0.5, 0.6) is 0 Å².